The van der Waals surface area contributed by atoms with E-state index in [-0.39, 0.29) is 17.1 Å². The van der Waals surface area contributed by atoms with Crippen LogP contribution in [0.4, 0.5) is 0 Å². The van der Waals surface area contributed by atoms with Gasteiger partial charge in [-0.25, -0.2) is 8.42 Å². The highest BCUT2D eigenvalue weighted by Gasteiger charge is 2.26. The molecule has 0 aliphatic heterocycles. The molecule has 0 aliphatic rings. The van der Waals surface area contributed by atoms with Crippen LogP contribution in [0, 0.1) is 0 Å². The molecule has 1 atom stereocenters. The van der Waals surface area contributed by atoms with E-state index in [1.165, 1.54) is 24.3 Å². The van der Waals surface area contributed by atoms with E-state index in [1.807, 2.05) is 0 Å². The van der Waals surface area contributed by atoms with E-state index in [0.717, 1.165) is 12.4 Å². The zero-order chi connectivity index (χ0) is 15.5. The van der Waals surface area contributed by atoms with Crippen molar-refractivity contribution in [3.63, 3.8) is 0 Å². The number of hydrogen-bond donors (Lipinski definition) is 4. The van der Waals surface area contributed by atoms with Gasteiger partial charge in [0.2, 0.25) is 10.0 Å². The van der Waals surface area contributed by atoms with Gasteiger partial charge in [-0.3, -0.25) is 9.89 Å². The second-order valence-corrected chi connectivity index (χ2v) is 6.03. The molecule has 0 aliphatic carbocycles. The molecule has 0 spiro atoms. The van der Waals surface area contributed by atoms with Gasteiger partial charge in [-0.2, -0.15) is 9.82 Å². The number of aliphatic carboxylic acids is 1. The first kappa shape index (κ1) is 15.0. The monoisotopic (exact) mass is 311 g/mol. The largest absolute Gasteiger partial charge is 0.508 e. The minimum Gasteiger partial charge on any atom is -0.508 e. The number of nitrogens with zero attached hydrogens (tertiary/aromatic N) is 1. The predicted molar refractivity (Wildman–Crippen MR) is 72.1 cm³/mol. The lowest BCUT2D eigenvalue weighted by Crippen LogP contribution is -2.42. The average Bonchev–Trinajstić information content (AvgIpc) is 2.95. The Kier molecular flexibility index (Phi) is 4.24. The summed E-state index contributed by atoms with van der Waals surface area (Å²) >= 11 is 0. The molecule has 0 radical (unpaired) electrons. The third-order valence-electron chi connectivity index (χ3n) is 2.76. The number of aromatic nitrogens is 2. The molecule has 0 saturated heterocycles. The molecule has 21 heavy (non-hydrogen) atoms. The van der Waals surface area contributed by atoms with Gasteiger partial charge in [0.15, 0.2) is 0 Å². The Bertz CT molecular complexity index is 710. The van der Waals surface area contributed by atoms with Crippen LogP contribution in [0.3, 0.4) is 0 Å². The summed E-state index contributed by atoms with van der Waals surface area (Å²) < 4.78 is 26.1. The fraction of sp³-hybridized carbons (Fsp3) is 0.167. The lowest BCUT2D eigenvalue weighted by atomic mass is 10.1. The molecule has 1 heterocycles. The van der Waals surface area contributed by atoms with Crippen LogP contribution in [0.25, 0.3) is 0 Å². The summed E-state index contributed by atoms with van der Waals surface area (Å²) in [6.07, 6.45) is 2.19. The summed E-state index contributed by atoms with van der Waals surface area (Å²) in [4.78, 5) is 11.1. The highest BCUT2D eigenvalue weighted by Crippen LogP contribution is 2.13. The van der Waals surface area contributed by atoms with Crippen molar-refractivity contribution in [2.45, 2.75) is 17.4 Å². The van der Waals surface area contributed by atoms with E-state index in [4.69, 9.17) is 5.11 Å². The van der Waals surface area contributed by atoms with Gasteiger partial charge in [0.1, 0.15) is 16.7 Å². The maximum absolute atomic E-state index is 12.0. The number of phenols is 1. The fourth-order valence-electron chi connectivity index (χ4n) is 1.69. The van der Waals surface area contributed by atoms with E-state index in [9.17, 15) is 18.3 Å². The van der Waals surface area contributed by atoms with Gasteiger partial charge in [0.05, 0.1) is 6.20 Å². The lowest BCUT2D eigenvalue weighted by Gasteiger charge is -2.14. The number of rotatable bonds is 6. The molecule has 112 valence electrons. The number of hydrogen-bond acceptors (Lipinski definition) is 5. The van der Waals surface area contributed by atoms with Gasteiger partial charge >= 0.3 is 5.97 Å². The Balaban J connectivity index is 2.17. The summed E-state index contributed by atoms with van der Waals surface area (Å²) in [5, 5.41) is 24.2. The van der Waals surface area contributed by atoms with Crippen LogP contribution in [0.15, 0.2) is 41.6 Å². The minimum absolute atomic E-state index is 0.0459. The Morgan fingerprint density at radius 2 is 2.00 bits per heavy atom. The normalized spacial score (nSPS) is 13.0. The first-order valence-electron chi connectivity index (χ1n) is 5.90. The number of H-pyrrole nitrogens is 1. The van der Waals surface area contributed by atoms with Crippen molar-refractivity contribution in [1.29, 1.82) is 0 Å². The van der Waals surface area contributed by atoms with Crippen LogP contribution in [0.2, 0.25) is 0 Å². The van der Waals surface area contributed by atoms with Gasteiger partial charge in [-0.1, -0.05) is 12.1 Å². The molecule has 0 bridgehead atoms. The molecule has 1 aromatic heterocycles. The number of aromatic amines is 1. The molecule has 9 heteroatoms. The van der Waals surface area contributed by atoms with Crippen molar-refractivity contribution in [3.05, 3.63) is 42.2 Å². The van der Waals surface area contributed by atoms with Gasteiger partial charge in [0, 0.05) is 6.20 Å². The zero-order valence-electron chi connectivity index (χ0n) is 10.7. The van der Waals surface area contributed by atoms with Crippen LogP contribution in [-0.2, 0) is 21.2 Å². The van der Waals surface area contributed by atoms with Crippen LogP contribution in [0.1, 0.15) is 5.56 Å². The van der Waals surface area contributed by atoms with Crippen molar-refractivity contribution in [2.75, 3.05) is 0 Å². The van der Waals surface area contributed by atoms with Gasteiger partial charge in [-0.15, -0.1) is 0 Å². The number of benzene rings is 1. The molecule has 4 N–H and O–H groups in total. The van der Waals surface area contributed by atoms with Crippen molar-refractivity contribution in [2.24, 2.45) is 0 Å². The summed E-state index contributed by atoms with van der Waals surface area (Å²) in [6, 6.07) is 4.53. The molecule has 0 fully saturated rings. The smallest absolute Gasteiger partial charge is 0.322 e. The second-order valence-electron chi connectivity index (χ2n) is 4.32. The maximum atomic E-state index is 12.0. The molecule has 8 nitrogen and oxygen atoms in total. The molecule has 0 amide bonds. The number of carbonyl (C=O) groups is 1. The quantitative estimate of drug-likeness (QED) is 0.597. The average molecular weight is 311 g/mol. The second kappa shape index (κ2) is 5.94. The Morgan fingerprint density at radius 3 is 2.52 bits per heavy atom. The number of carboxylic acid groups (broad SMARTS) is 1. The summed E-state index contributed by atoms with van der Waals surface area (Å²) in [5.74, 6) is -1.25. The molecule has 2 rings (SSSR count). The van der Waals surface area contributed by atoms with Crippen LogP contribution in [-0.4, -0.2) is 40.8 Å². The molecule has 1 aromatic carbocycles. The highest BCUT2D eigenvalue weighted by molar-refractivity contribution is 7.89. The van der Waals surface area contributed by atoms with Crippen LogP contribution in [0.5, 0.6) is 5.75 Å². The zero-order valence-corrected chi connectivity index (χ0v) is 11.5. The van der Waals surface area contributed by atoms with E-state index in [2.05, 4.69) is 14.9 Å². The van der Waals surface area contributed by atoms with Gasteiger partial charge in [0.25, 0.3) is 0 Å². The van der Waals surface area contributed by atoms with Gasteiger partial charge < -0.3 is 10.2 Å². The van der Waals surface area contributed by atoms with Crippen LogP contribution >= 0.6 is 0 Å². The first-order chi connectivity index (χ1) is 9.88. The number of phenolic OH excluding ortho intramolecular Hbond substituents is 1. The topological polar surface area (TPSA) is 132 Å². The number of sulfonamides is 1. The van der Waals surface area contributed by atoms with Gasteiger partial charge in [-0.05, 0) is 24.1 Å². The molecular formula is C12H13N3O5S. The van der Waals surface area contributed by atoms with E-state index >= 15 is 0 Å². The third kappa shape index (κ3) is 3.80. The van der Waals surface area contributed by atoms with E-state index in [1.54, 1.807) is 0 Å². The van der Waals surface area contributed by atoms with Crippen molar-refractivity contribution < 1.29 is 23.4 Å². The van der Waals surface area contributed by atoms with E-state index in [0.29, 0.717) is 5.56 Å². The number of aromatic hydroxyl groups is 1. The molecule has 2 aromatic rings. The fourth-order valence-corrected chi connectivity index (χ4v) is 2.78. The molecule has 1 unspecified atom stereocenters. The minimum atomic E-state index is -3.96. The molecule has 0 saturated carbocycles. The van der Waals surface area contributed by atoms with Crippen molar-refractivity contribution in [3.8, 4) is 5.75 Å². The number of nitrogens with one attached hydrogen (secondary N) is 2. The Morgan fingerprint density at radius 1 is 1.33 bits per heavy atom. The standard InChI is InChI=1S/C12H13N3O5S/c16-9-3-1-8(2-4-9)5-11(12(17)18)15-21(19,20)10-6-13-14-7-10/h1-4,6-7,11,15-16H,5H2,(H,13,14)(H,17,18). The van der Waals surface area contributed by atoms with Crippen molar-refractivity contribution in [1.82, 2.24) is 14.9 Å². The summed E-state index contributed by atoms with van der Waals surface area (Å²) in [5.41, 5.74) is 0.579. The Labute approximate surface area is 120 Å². The van der Waals surface area contributed by atoms with Crippen LogP contribution < -0.4 is 4.72 Å². The summed E-state index contributed by atoms with van der Waals surface area (Å²) in [6.45, 7) is 0. The third-order valence-corrected chi connectivity index (χ3v) is 4.19. The highest BCUT2D eigenvalue weighted by atomic mass is 32.2. The number of carboxylic acids is 1. The van der Waals surface area contributed by atoms with E-state index < -0.39 is 22.0 Å². The molecular weight excluding hydrogens is 298 g/mol. The first-order valence-corrected chi connectivity index (χ1v) is 7.38. The summed E-state index contributed by atoms with van der Waals surface area (Å²) in [7, 11) is -3.96. The van der Waals surface area contributed by atoms with Crippen molar-refractivity contribution >= 4 is 16.0 Å². The SMILES string of the molecule is O=C(O)C(Cc1ccc(O)cc1)NS(=O)(=O)c1cn[nH]c1. The maximum Gasteiger partial charge on any atom is 0.322 e. The predicted octanol–water partition coefficient (Wildman–Crippen LogP) is 0.0895. The lowest BCUT2D eigenvalue weighted by molar-refractivity contribution is -0.138. The Hall–Kier alpha value is -2.39.